The van der Waals surface area contributed by atoms with Crippen LogP contribution in [0.15, 0.2) is 41.3 Å². The van der Waals surface area contributed by atoms with Crippen LogP contribution in [-0.2, 0) is 10.0 Å². The van der Waals surface area contributed by atoms with Crippen molar-refractivity contribution < 1.29 is 18.3 Å². The van der Waals surface area contributed by atoms with Crippen LogP contribution in [0.3, 0.4) is 0 Å². The summed E-state index contributed by atoms with van der Waals surface area (Å²) in [6.07, 6.45) is -0.132. The number of nitrogens with two attached hydrogens (primary N) is 1. The molecule has 0 aromatic heterocycles. The van der Waals surface area contributed by atoms with Gasteiger partial charge >= 0.3 is 0 Å². The second-order valence-electron chi connectivity index (χ2n) is 5.28. The van der Waals surface area contributed by atoms with Crippen molar-refractivity contribution in [1.82, 2.24) is 0 Å². The van der Waals surface area contributed by atoms with Crippen molar-refractivity contribution in [3.05, 3.63) is 47.5 Å². The van der Waals surface area contributed by atoms with Gasteiger partial charge in [0.1, 0.15) is 5.75 Å². The Balaban J connectivity index is 2.24. The highest BCUT2D eigenvalue weighted by molar-refractivity contribution is 7.89. The van der Waals surface area contributed by atoms with Crippen LogP contribution in [0.1, 0.15) is 23.7 Å². The molecule has 2 aromatic rings. The van der Waals surface area contributed by atoms with Crippen molar-refractivity contribution in [2.24, 2.45) is 5.14 Å². The first kappa shape index (κ1) is 15.5. The van der Waals surface area contributed by atoms with E-state index in [1.165, 1.54) is 12.1 Å². The van der Waals surface area contributed by atoms with Crippen LogP contribution in [0.2, 0.25) is 0 Å². The largest absolute Gasteiger partial charge is 0.492 e. The second kappa shape index (κ2) is 5.66. The Labute approximate surface area is 133 Å². The molecule has 1 atom stereocenters. The summed E-state index contributed by atoms with van der Waals surface area (Å²) in [5.41, 5.74) is 1.94. The summed E-state index contributed by atoms with van der Waals surface area (Å²) in [5, 5.41) is 24.4. The predicted molar refractivity (Wildman–Crippen MR) is 83.0 cm³/mol. The second-order valence-corrected chi connectivity index (χ2v) is 6.84. The van der Waals surface area contributed by atoms with Crippen molar-refractivity contribution in [3.8, 4) is 22.9 Å². The lowest BCUT2D eigenvalue weighted by Crippen LogP contribution is -2.15. The molecule has 2 aromatic carbocycles. The number of aliphatic hydroxyl groups is 1. The standard InChI is InChI=1S/C16H14N2O4S/c17-9-10-6-11(8-12(7-10)23(18,20)21)13-2-1-3-14-15(19)4-5-22-16(13)14/h1-3,6-8,15,19H,4-5H2,(H2,18,20,21)/t15-/m0/s1. The minimum Gasteiger partial charge on any atom is -0.492 e. The van der Waals surface area contributed by atoms with Gasteiger partial charge in [0.2, 0.25) is 10.0 Å². The minimum atomic E-state index is -3.94. The first-order valence-corrected chi connectivity index (χ1v) is 8.47. The first-order valence-electron chi connectivity index (χ1n) is 6.92. The molecular weight excluding hydrogens is 316 g/mol. The Bertz CT molecular complexity index is 916. The molecule has 1 heterocycles. The van der Waals surface area contributed by atoms with Gasteiger partial charge in [-0.2, -0.15) is 5.26 Å². The summed E-state index contributed by atoms with van der Waals surface area (Å²) < 4.78 is 28.9. The third-order valence-electron chi connectivity index (χ3n) is 3.72. The molecule has 118 valence electrons. The minimum absolute atomic E-state index is 0.138. The molecule has 0 amide bonds. The Morgan fingerprint density at radius 3 is 2.78 bits per heavy atom. The molecule has 1 aliphatic rings. The van der Waals surface area contributed by atoms with Gasteiger partial charge in [0.15, 0.2) is 0 Å². The molecule has 0 saturated heterocycles. The van der Waals surface area contributed by atoms with E-state index in [1.807, 2.05) is 6.07 Å². The predicted octanol–water partition coefficient (Wildman–Crippen LogP) is 1.69. The van der Waals surface area contributed by atoms with Crippen molar-refractivity contribution in [3.63, 3.8) is 0 Å². The number of rotatable bonds is 2. The fraction of sp³-hybridized carbons (Fsp3) is 0.188. The maximum atomic E-state index is 11.6. The van der Waals surface area contributed by atoms with E-state index in [4.69, 9.17) is 15.1 Å². The highest BCUT2D eigenvalue weighted by atomic mass is 32.2. The third-order valence-corrected chi connectivity index (χ3v) is 4.61. The van der Waals surface area contributed by atoms with Gasteiger partial charge in [-0.25, -0.2) is 13.6 Å². The Hall–Kier alpha value is -2.40. The van der Waals surface area contributed by atoms with Crippen LogP contribution in [0.4, 0.5) is 0 Å². The van der Waals surface area contributed by atoms with Gasteiger partial charge in [-0.1, -0.05) is 18.2 Å². The number of sulfonamides is 1. The summed E-state index contributed by atoms with van der Waals surface area (Å²) in [4.78, 5) is -0.138. The van der Waals surface area contributed by atoms with Crippen molar-refractivity contribution >= 4 is 10.0 Å². The molecule has 1 aliphatic heterocycles. The maximum Gasteiger partial charge on any atom is 0.238 e. The van der Waals surface area contributed by atoms with Crippen LogP contribution < -0.4 is 9.88 Å². The van der Waals surface area contributed by atoms with Crippen LogP contribution in [0.5, 0.6) is 5.75 Å². The molecule has 0 fully saturated rings. The average Bonchev–Trinajstić information content (AvgIpc) is 2.53. The highest BCUT2D eigenvalue weighted by Gasteiger charge is 2.23. The molecule has 0 aliphatic carbocycles. The van der Waals surface area contributed by atoms with E-state index in [1.54, 1.807) is 24.3 Å². The van der Waals surface area contributed by atoms with Gasteiger partial charge in [0.05, 0.1) is 29.2 Å². The number of hydrogen-bond donors (Lipinski definition) is 2. The molecule has 0 saturated carbocycles. The molecular formula is C16H14N2O4S. The summed E-state index contributed by atoms with van der Waals surface area (Å²) in [5.74, 6) is 0.502. The summed E-state index contributed by atoms with van der Waals surface area (Å²) >= 11 is 0. The van der Waals surface area contributed by atoms with Gasteiger partial charge < -0.3 is 9.84 Å². The molecule has 3 N–H and O–H groups in total. The average molecular weight is 330 g/mol. The number of benzene rings is 2. The molecule has 0 bridgehead atoms. The van der Waals surface area contributed by atoms with Gasteiger partial charge in [0, 0.05) is 17.5 Å². The molecule has 3 rings (SSSR count). The zero-order valence-corrected chi connectivity index (χ0v) is 12.9. The zero-order chi connectivity index (χ0) is 16.6. The van der Waals surface area contributed by atoms with Crippen LogP contribution in [-0.4, -0.2) is 20.1 Å². The number of nitriles is 1. The van der Waals surface area contributed by atoms with Crippen molar-refractivity contribution in [2.45, 2.75) is 17.4 Å². The van der Waals surface area contributed by atoms with E-state index < -0.39 is 16.1 Å². The summed E-state index contributed by atoms with van der Waals surface area (Å²) in [7, 11) is -3.94. The molecule has 23 heavy (non-hydrogen) atoms. The summed E-state index contributed by atoms with van der Waals surface area (Å²) in [6.45, 7) is 0.366. The Morgan fingerprint density at radius 1 is 1.30 bits per heavy atom. The zero-order valence-electron chi connectivity index (χ0n) is 12.1. The number of aliphatic hydroxyl groups excluding tert-OH is 1. The summed E-state index contributed by atoms with van der Waals surface area (Å²) in [6, 6.07) is 11.4. The quantitative estimate of drug-likeness (QED) is 0.870. The maximum absolute atomic E-state index is 11.6. The van der Waals surface area contributed by atoms with Gasteiger partial charge in [-0.15, -0.1) is 0 Å². The van der Waals surface area contributed by atoms with E-state index >= 15 is 0 Å². The van der Waals surface area contributed by atoms with E-state index in [0.29, 0.717) is 35.5 Å². The Morgan fingerprint density at radius 2 is 2.09 bits per heavy atom. The topological polar surface area (TPSA) is 113 Å². The first-order chi connectivity index (χ1) is 10.9. The van der Waals surface area contributed by atoms with E-state index in [0.717, 1.165) is 0 Å². The lowest BCUT2D eigenvalue weighted by Gasteiger charge is -2.24. The lowest BCUT2D eigenvalue weighted by molar-refractivity contribution is 0.116. The molecule has 7 heteroatoms. The van der Waals surface area contributed by atoms with E-state index in [-0.39, 0.29) is 10.5 Å². The van der Waals surface area contributed by atoms with Gasteiger partial charge in [0.25, 0.3) is 0 Å². The third kappa shape index (κ3) is 2.92. The van der Waals surface area contributed by atoms with Crippen LogP contribution >= 0.6 is 0 Å². The smallest absolute Gasteiger partial charge is 0.238 e. The van der Waals surface area contributed by atoms with Gasteiger partial charge in [-0.05, 0) is 23.8 Å². The van der Waals surface area contributed by atoms with Crippen LogP contribution in [0, 0.1) is 11.3 Å². The normalized spacial score (nSPS) is 17.0. The monoisotopic (exact) mass is 330 g/mol. The van der Waals surface area contributed by atoms with E-state index in [9.17, 15) is 13.5 Å². The molecule has 6 nitrogen and oxygen atoms in total. The van der Waals surface area contributed by atoms with E-state index in [2.05, 4.69) is 0 Å². The molecule has 0 radical (unpaired) electrons. The number of primary sulfonamides is 1. The lowest BCUT2D eigenvalue weighted by atomic mass is 9.95. The van der Waals surface area contributed by atoms with Crippen molar-refractivity contribution in [2.75, 3.05) is 6.61 Å². The Kier molecular flexibility index (Phi) is 3.82. The van der Waals surface area contributed by atoms with Crippen LogP contribution in [0.25, 0.3) is 11.1 Å². The number of hydrogen-bond acceptors (Lipinski definition) is 5. The number of fused-ring (bicyclic) bond motifs is 1. The fourth-order valence-corrected chi connectivity index (χ4v) is 3.20. The highest BCUT2D eigenvalue weighted by Crippen LogP contribution is 2.40. The van der Waals surface area contributed by atoms with Gasteiger partial charge in [-0.3, -0.25) is 0 Å². The fourth-order valence-electron chi connectivity index (χ4n) is 2.62. The SMILES string of the molecule is N#Cc1cc(-c2cccc3c2OCC[C@@H]3O)cc(S(N)(=O)=O)c1. The van der Waals surface area contributed by atoms with Crippen molar-refractivity contribution in [1.29, 1.82) is 5.26 Å². The molecule has 0 unspecified atom stereocenters. The number of para-hydroxylation sites is 1. The number of nitrogens with zero attached hydrogens (tertiary/aromatic N) is 1. The number of ether oxygens (including phenoxy) is 1. The molecule has 0 spiro atoms.